The Morgan fingerprint density at radius 1 is 1.13 bits per heavy atom. The molecular formula is C18H23ClN4. The topological polar surface area (TPSA) is 41.1 Å². The highest BCUT2D eigenvalue weighted by Gasteiger charge is 2.18. The average molecular weight is 331 g/mol. The lowest BCUT2D eigenvalue weighted by Gasteiger charge is -2.31. The summed E-state index contributed by atoms with van der Waals surface area (Å²) < 4.78 is 0. The van der Waals surface area contributed by atoms with Crippen molar-refractivity contribution >= 4 is 28.9 Å². The number of halogens is 1. The lowest BCUT2D eigenvalue weighted by molar-refractivity contribution is 0.436. The Labute approximate surface area is 142 Å². The maximum Gasteiger partial charge on any atom is 0.136 e. The van der Waals surface area contributed by atoms with E-state index in [-0.39, 0.29) is 0 Å². The van der Waals surface area contributed by atoms with E-state index in [1.807, 2.05) is 31.2 Å². The van der Waals surface area contributed by atoms with Crippen LogP contribution in [0.15, 0.2) is 24.3 Å². The molecule has 3 rings (SSSR count). The van der Waals surface area contributed by atoms with Crippen LogP contribution in [0.25, 0.3) is 0 Å². The zero-order chi connectivity index (χ0) is 16.4. The van der Waals surface area contributed by atoms with Crippen molar-refractivity contribution < 1.29 is 0 Å². The van der Waals surface area contributed by atoms with Crippen LogP contribution in [0.4, 0.5) is 17.3 Å². The summed E-state index contributed by atoms with van der Waals surface area (Å²) in [5, 5.41) is 4.10. The van der Waals surface area contributed by atoms with E-state index in [4.69, 9.17) is 11.6 Å². The average Bonchev–Trinajstić information content (AvgIpc) is 2.51. The summed E-state index contributed by atoms with van der Waals surface area (Å²) in [6.07, 6.45) is 2.44. The first-order valence-electron chi connectivity index (χ1n) is 8.15. The summed E-state index contributed by atoms with van der Waals surface area (Å²) in [6, 6.07) is 7.86. The number of hydrogen-bond donors (Lipinski definition) is 1. The zero-order valence-corrected chi connectivity index (χ0v) is 14.7. The van der Waals surface area contributed by atoms with Gasteiger partial charge in [0.1, 0.15) is 17.5 Å². The minimum absolute atomic E-state index is 0.717. The van der Waals surface area contributed by atoms with E-state index in [1.165, 1.54) is 12.8 Å². The fourth-order valence-electron chi connectivity index (χ4n) is 2.88. The summed E-state index contributed by atoms with van der Waals surface area (Å²) in [7, 11) is 0. The van der Waals surface area contributed by atoms with E-state index in [2.05, 4.69) is 34.0 Å². The van der Waals surface area contributed by atoms with Crippen molar-refractivity contribution in [2.75, 3.05) is 23.3 Å². The molecule has 1 N–H and O–H groups in total. The Kier molecular flexibility index (Phi) is 4.71. The van der Waals surface area contributed by atoms with Crippen molar-refractivity contribution in [1.82, 2.24) is 9.97 Å². The number of nitrogens with one attached hydrogen (secondary N) is 1. The first-order chi connectivity index (χ1) is 11.0. The van der Waals surface area contributed by atoms with E-state index in [9.17, 15) is 0 Å². The number of rotatable bonds is 3. The molecule has 0 spiro atoms. The monoisotopic (exact) mass is 330 g/mol. The van der Waals surface area contributed by atoms with Crippen LogP contribution in [0.1, 0.15) is 31.2 Å². The molecule has 0 unspecified atom stereocenters. The predicted octanol–water partition coefficient (Wildman–Crippen LogP) is 4.73. The highest BCUT2D eigenvalue weighted by atomic mass is 35.5. The van der Waals surface area contributed by atoms with Crippen molar-refractivity contribution in [1.29, 1.82) is 0 Å². The fraction of sp³-hybridized carbons (Fsp3) is 0.444. The Bertz CT molecular complexity index is 693. The molecular weight excluding hydrogens is 308 g/mol. The van der Waals surface area contributed by atoms with Gasteiger partial charge in [-0.2, -0.15) is 0 Å². The first kappa shape index (κ1) is 16.1. The van der Waals surface area contributed by atoms with Gasteiger partial charge in [0, 0.05) is 29.9 Å². The minimum Gasteiger partial charge on any atom is -0.356 e. The van der Waals surface area contributed by atoms with Crippen LogP contribution in [0.5, 0.6) is 0 Å². The summed E-state index contributed by atoms with van der Waals surface area (Å²) in [4.78, 5) is 11.5. The lowest BCUT2D eigenvalue weighted by atomic mass is 9.99. The number of hydrogen-bond acceptors (Lipinski definition) is 4. The molecule has 2 heterocycles. The van der Waals surface area contributed by atoms with E-state index >= 15 is 0 Å². The van der Waals surface area contributed by atoms with Gasteiger partial charge in [0.05, 0.1) is 0 Å². The first-order valence-corrected chi connectivity index (χ1v) is 8.53. The normalized spacial score (nSPS) is 15.7. The van der Waals surface area contributed by atoms with Gasteiger partial charge in [-0.15, -0.1) is 0 Å². The predicted molar refractivity (Wildman–Crippen MR) is 96.9 cm³/mol. The maximum atomic E-state index is 6.10. The van der Waals surface area contributed by atoms with Crippen molar-refractivity contribution in [2.45, 2.75) is 33.6 Å². The Morgan fingerprint density at radius 3 is 2.61 bits per heavy atom. The molecule has 122 valence electrons. The Hall–Kier alpha value is -1.81. The van der Waals surface area contributed by atoms with Gasteiger partial charge in [-0.05, 0) is 50.3 Å². The van der Waals surface area contributed by atoms with Gasteiger partial charge in [0.2, 0.25) is 0 Å². The van der Waals surface area contributed by atoms with Gasteiger partial charge in [-0.3, -0.25) is 0 Å². The molecule has 0 aliphatic carbocycles. The van der Waals surface area contributed by atoms with E-state index in [0.717, 1.165) is 47.7 Å². The van der Waals surface area contributed by atoms with Crippen LogP contribution in [-0.2, 0) is 0 Å². The largest absolute Gasteiger partial charge is 0.356 e. The van der Waals surface area contributed by atoms with Crippen LogP contribution in [0.3, 0.4) is 0 Å². The van der Waals surface area contributed by atoms with Crippen LogP contribution < -0.4 is 10.2 Å². The number of aromatic nitrogens is 2. The molecule has 1 aliphatic rings. The van der Waals surface area contributed by atoms with Crippen LogP contribution in [-0.4, -0.2) is 23.1 Å². The number of piperidine rings is 1. The second-order valence-corrected chi connectivity index (χ2v) is 6.85. The molecule has 0 atom stereocenters. The van der Waals surface area contributed by atoms with E-state index in [0.29, 0.717) is 5.02 Å². The van der Waals surface area contributed by atoms with Gasteiger partial charge in [-0.1, -0.05) is 24.6 Å². The molecule has 4 nitrogen and oxygen atoms in total. The smallest absolute Gasteiger partial charge is 0.136 e. The molecule has 5 heteroatoms. The molecule has 0 amide bonds. The molecule has 2 aromatic rings. The zero-order valence-electron chi connectivity index (χ0n) is 13.9. The third-order valence-corrected chi connectivity index (χ3v) is 4.63. The van der Waals surface area contributed by atoms with E-state index < -0.39 is 0 Å². The highest BCUT2D eigenvalue weighted by molar-refractivity contribution is 6.30. The molecule has 1 saturated heterocycles. The maximum absolute atomic E-state index is 6.10. The molecule has 0 saturated carbocycles. The lowest BCUT2D eigenvalue weighted by Crippen LogP contribution is -2.33. The molecule has 1 fully saturated rings. The number of aryl methyl sites for hydroxylation is 2. The number of nitrogens with zero attached hydrogens (tertiary/aromatic N) is 3. The van der Waals surface area contributed by atoms with Crippen LogP contribution in [0, 0.1) is 19.8 Å². The molecule has 1 aliphatic heterocycles. The van der Waals surface area contributed by atoms with Crippen molar-refractivity contribution in [3.05, 3.63) is 40.7 Å². The summed E-state index contributed by atoms with van der Waals surface area (Å²) in [6.45, 7) is 8.43. The van der Waals surface area contributed by atoms with Crippen LogP contribution >= 0.6 is 11.6 Å². The number of benzene rings is 1. The third-order valence-electron chi connectivity index (χ3n) is 4.39. The molecule has 0 radical (unpaired) electrons. The fourth-order valence-corrected chi connectivity index (χ4v) is 3.05. The highest BCUT2D eigenvalue weighted by Crippen LogP contribution is 2.27. The second-order valence-electron chi connectivity index (χ2n) is 6.41. The minimum atomic E-state index is 0.717. The van der Waals surface area contributed by atoms with Gasteiger partial charge < -0.3 is 10.2 Å². The van der Waals surface area contributed by atoms with Gasteiger partial charge in [0.15, 0.2) is 0 Å². The molecule has 1 aromatic heterocycles. The SMILES string of the molecule is Cc1nc(Nc2cc(Cl)ccc2C)cc(N2CCC(C)CC2)n1. The van der Waals surface area contributed by atoms with Gasteiger partial charge in [-0.25, -0.2) is 9.97 Å². The van der Waals surface area contributed by atoms with Crippen LogP contribution in [0.2, 0.25) is 5.02 Å². The summed E-state index contributed by atoms with van der Waals surface area (Å²) >= 11 is 6.10. The standard InChI is InChI=1S/C18H23ClN4/c1-12-6-8-23(9-7-12)18-11-17(20-14(3)21-18)22-16-10-15(19)5-4-13(16)2/h4-5,10-12H,6-9H2,1-3H3,(H,20,21,22). The van der Waals surface area contributed by atoms with Crippen molar-refractivity contribution in [3.8, 4) is 0 Å². The summed E-state index contributed by atoms with van der Waals surface area (Å²) in [5.41, 5.74) is 2.12. The van der Waals surface area contributed by atoms with Gasteiger partial charge >= 0.3 is 0 Å². The summed E-state index contributed by atoms with van der Waals surface area (Å²) in [5.74, 6) is 3.41. The molecule has 1 aromatic carbocycles. The molecule has 0 bridgehead atoms. The molecule has 23 heavy (non-hydrogen) atoms. The van der Waals surface area contributed by atoms with Gasteiger partial charge in [0.25, 0.3) is 0 Å². The third kappa shape index (κ3) is 3.94. The van der Waals surface area contributed by atoms with Crippen molar-refractivity contribution in [3.63, 3.8) is 0 Å². The quantitative estimate of drug-likeness (QED) is 0.883. The number of anilines is 3. The Morgan fingerprint density at radius 2 is 1.87 bits per heavy atom. The van der Waals surface area contributed by atoms with E-state index in [1.54, 1.807) is 0 Å². The second kappa shape index (κ2) is 6.75. The Balaban J connectivity index is 1.84. The van der Waals surface area contributed by atoms with Crippen molar-refractivity contribution in [2.24, 2.45) is 5.92 Å².